The van der Waals surface area contributed by atoms with Crippen LogP contribution < -0.4 is 10.7 Å². The predicted octanol–water partition coefficient (Wildman–Crippen LogP) is 1.85. The summed E-state index contributed by atoms with van der Waals surface area (Å²) in [6.07, 6.45) is 1.36. The molecule has 3 aromatic rings. The molecule has 0 saturated carbocycles. The number of rotatable bonds is 5. The van der Waals surface area contributed by atoms with Crippen molar-refractivity contribution in [2.24, 2.45) is 0 Å². The fourth-order valence-electron chi connectivity index (χ4n) is 2.77. The van der Waals surface area contributed by atoms with Gasteiger partial charge in [-0.1, -0.05) is 24.3 Å². The van der Waals surface area contributed by atoms with Crippen molar-refractivity contribution < 1.29 is 4.79 Å². The molecular formula is C19H20N4O2. The molecule has 1 amide bonds. The first-order valence-electron chi connectivity index (χ1n) is 8.03. The summed E-state index contributed by atoms with van der Waals surface area (Å²) in [6.45, 7) is 1.26. The van der Waals surface area contributed by atoms with E-state index in [9.17, 15) is 9.59 Å². The highest BCUT2D eigenvalue weighted by molar-refractivity contribution is 5.93. The van der Waals surface area contributed by atoms with E-state index in [1.807, 2.05) is 60.3 Å². The molecule has 0 aliphatic heterocycles. The third kappa shape index (κ3) is 3.75. The first-order chi connectivity index (χ1) is 12.1. The molecule has 0 saturated heterocycles. The van der Waals surface area contributed by atoms with E-state index in [0.29, 0.717) is 24.2 Å². The van der Waals surface area contributed by atoms with Crippen LogP contribution in [0.2, 0.25) is 0 Å². The Labute approximate surface area is 145 Å². The van der Waals surface area contributed by atoms with Crippen molar-refractivity contribution in [3.63, 3.8) is 0 Å². The van der Waals surface area contributed by atoms with Gasteiger partial charge in [-0.25, -0.2) is 0 Å². The maximum absolute atomic E-state index is 11.9. The predicted molar refractivity (Wildman–Crippen MR) is 97.3 cm³/mol. The highest BCUT2D eigenvalue weighted by atomic mass is 16.1. The number of nitrogens with one attached hydrogen (secondary N) is 1. The fraction of sp³-hybridized carbons (Fsp3) is 0.211. The van der Waals surface area contributed by atoms with Gasteiger partial charge in [0, 0.05) is 24.5 Å². The van der Waals surface area contributed by atoms with Crippen LogP contribution in [0.5, 0.6) is 0 Å². The van der Waals surface area contributed by atoms with E-state index in [2.05, 4.69) is 15.3 Å². The Bertz CT molecular complexity index is 948. The second-order valence-corrected chi connectivity index (χ2v) is 5.96. The molecular weight excluding hydrogens is 316 g/mol. The van der Waals surface area contributed by atoms with Crippen LogP contribution in [0.15, 0.2) is 59.5 Å². The Hall–Kier alpha value is -2.99. The number of para-hydroxylation sites is 1. The second-order valence-electron chi connectivity index (χ2n) is 5.96. The first kappa shape index (κ1) is 16.9. The van der Waals surface area contributed by atoms with Crippen molar-refractivity contribution >= 4 is 16.8 Å². The summed E-state index contributed by atoms with van der Waals surface area (Å²) in [5, 5.41) is 7.52. The SMILES string of the molecule is CNC(=O)c1ccc(CN(C)Cn2ncc(=O)c3ccccc32)cc1. The lowest BCUT2D eigenvalue weighted by molar-refractivity contribution is 0.0963. The van der Waals surface area contributed by atoms with E-state index in [4.69, 9.17) is 0 Å². The normalized spacial score (nSPS) is 11.0. The average Bonchev–Trinajstić information content (AvgIpc) is 2.64. The second kappa shape index (κ2) is 7.27. The van der Waals surface area contributed by atoms with Crippen molar-refractivity contribution in [2.75, 3.05) is 14.1 Å². The lowest BCUT2D eigenvalue weighted by Gasteiger charge is -2.19. The Morgan fingerprint density at radius 2 is 1.88 bits per heavy atom. The van der Waals surface area contributed by atoms with Crippen LogP contribution in [0, 0.1) is 0 Å². The molecule has 1 heterocycles. The zero-order chi connectivity index (χ0) is 17.8. The minimum absolute atomic E-state index is 0.0701. The molecule has 1 aromatic heterocycles. The molecule has 0 unspecified atom stereocenters. The molecule has 0 fully saturated rings. The van der Waals surface area contributed by atoms with Gasteiger partial charge in [-0.3, -0.25) is 19.2 Å². The standard InChI is InChI=1S/C19H20N4O2/c1-20-19(25)15-9-7-14(8-10-15)12-22(2)13-23-17-6-4-3-5-16(17)18(24)11-21-23/h3-11H,12-13H2,1-2H3,(H,20,25). The summed E-state index contributed by atoms with van der Waals surface area (Å²) in [6, 6.07) is 15.0. The van der Waals surface area contributed by atoms with E-state index in [1.165, 1.54) is 6.20 Å². The molecule has 25 heavy (non-hydrogen) atoms. The summed E-state index contributed by atoms with van der Waals surface area (Å²) < 4.78 is 1.82. The zero-order valence-electron chi connectivity index (χ0n) is 14.3. The number of carbonyl (C=O) groups excluding carboxylic acids is 1. The molecule has 1 N–H and O–H groups in total. The molecule has 6 nitrogen and oxygen atoms in total. The monoisotopic (exact) mass is 336 g/mol. The first-order valence-corrected chi connectivity index (χ1v) is 8.03. The van der Waals surface area contributed by atoms with Gasteiger partial charge in [0.05, 0.1) is 18.4 Å². The Morgan fingerprint density at radius 3 is 2.60 bits per heavy atom. The Morgan fingerprint density at radius 1 is 1.16 bits per heavy atom. The topological polar surface area (TPSA) is 67.2 Å². The van der Waals surface area contributed by atoms with Gasteiger partial charge in [0.25, 0.3) is 5.91 Å². The van der Waals surface area contributed by atoms with Gasteiger partial charge >= 0.3 is 0 Å². The van der Waals surface area contributed by atoms with E-state index in [0.717, 1.165) is 11.1 Å². The Kier molecular flexibility index (Phi) is 4.90. The van der Waals surface area contributed by atoms with Crippen LogP contribution in [-0.2, 0) is 13.2 Å². The third-order valence-electron chi connectivity index (χ3n) is 4.03. The highest BCUT2D eigenvalue weighted by Crippen LogP contribution is 2.11. The van der Waals surface area contributed by atoms with Gasteiger partial charge in [-0.15, -0.1) is 0 Å². The average molecular weight is 336 g/mol. The van der Waals surface area contributed by atoms with Crippen molar-refractivity contribution in [3.05, 3.63) is 76.1 Å². The molecule has 128 valence electrons. The van der Waals surface area contributed by atoms with Crippen LogP contribution in [-0.4, -0.2) is 34.7 Å². The summed E-state index contributed by atoms with van der Waals surface area (Å²) in [7, 11) is 3.60. The molecule has 0 radical (unpaired) electrons. The number of benzene rings is 2. The number of hydrogen-bond donors (Lipinski definition) is 1. The molecule has 0 aliphatic rings. The van der Waals surface area contributed by atoms with Crippen molar-refractivity contribution in [2.45, 2.75) is 13.2 Å². The zero-order valence-corrected chi connectivity index (χ0v) is 14.3. The molecule has 2 aromatic carbocycles. The van der Waals surface area contributed by atoms with Crippen molar-refractivity contribution in [1.29, 1.82) is 0 Å². The fourth-order valence-corrected chi connectivity index (χ4v) is 2.77. The summed E-state index contributed by atoms with van der Waals surface area (Å²) in [4.78, 5) is 25.6. The maximum atomic E-state index is 11.9. The van der Waals surface area contributed by atoms with Gasteiger partial charge in [-0.05, 0) is 36.9 Å². The Balaban J connectivity index is 1.75. The summed E-state index contributed by atoms with van der Waals surface area (Å²) in [5.74, 6) is -0.0937. The van der Waals surface area contributed by atoms with Crippen LogP contribution in [0.25, 0.3) is 10.9 Å². The number of nitrogens with zero attached hydrogens (tertiary/aromatic N) is 3. The number of fused-ring (bicyclic) bond motifs is 1. The van der Waals surface area contributed by atoms with Gasteiger partial charge in [0.1, 0.15) is 0 Å². The van der Waals surface area contributed by atoms with Crippen molar-refractivity contribution in [3.8, 4) is 0 Å². The minimum atomic E-state index is -0.0937. The molecule has 0 spiro atoms. The molecule has 0 aliphatic carbocycles. The maximum Gasteiger partial charge on any atom is 0.251 e. The molecule has 6 heteroatoms. The number of carbonyl (C=O) groups is 1. The molecule has 3 rings (SSSR count). The minimum Gasteiger partial charge on any atom is -0.355 e. The van der Waals surface area contributed by atoms with Crippen molar-refractivity contribution in [1.82, 2.24) is 20.0 Å². The number of amides is 1. The van der Waals surface area contributed by atoms with Crippen LogP contribution in [0.3, 0.4) is 0 Å². The van der Waals surface area contributed by atoms with Gasteiger partial charge in [0.2, 0.25) is 5.43 Å². The number of hydrogen-bond acceptors (Lipinski definition) is 4. The largest absolute Gasteiger partial charge is 0.355 e. The number of aromatic nitrogens is 2. The molecule has 0 atom stereocenters. The summed E-state index contributed by atoms with van der Waals surface area (Å²) in [5.41, 5.74) is 2.48. The van der Waals surface area contributed by atoms with E-state index in [1.54, 1.807) is 7.05 Å². The smallest absolute Gasteiger partial charge is 0.251 e. The van der Waals surface area contributed by atoms with Gasteiger partial charge in [0.15, 0.2) is 0 Å². The van der Waals surface area contributed by atoms with Crippen LogP contribution in [0.4, 0.5) is 0 Å². The van der Waals surface area contributed by atoms with E-state index >= 15 is 0 Å². The highest BCUT2D eigenvalue weighted by Gasteiger charge is 2.07. The quantitative estimate of drug-likeness (QED) is 0.772. The summed E-state index contributed by atoms with van der Waals surface area (Å²) >= 11 is 0. The van der Waals surface area contributed by atoms with Crippen LogP contribution in [0.1, 0.15) is 15.9 Å². The molecule has 0 bridgehead atoms. The van der Waals surface area contributed by atoms with Gasteiger partial charge in [-0.2, -0.15) is 5.10 Å². The third-order valence-corrected chi connectivity index (χ3v) is 4.03. The van der Waals surface area contributed by atoms with E-state index < -0.39 is 0 Å². The lowest BCUT2D eigenvalue weighted by Crippen LogP contribution is -2.25. The lowest BCUT2D eigenvalue weighted by atomic mass is 10.1. The van der Waals surface area contributed by atoms with Gasteiger partial charge < -0.3 is 5.32 Å². The van der Waals surface area contributed by atoms with Crippen LogP contribution >= 0.6 is 0 Å². The van der Waals surface area contributed by atoms with E-state index in [-0.39, 0.29) is 11.3 Å².